The van der Waals surface area contributed by atoms with Crippen molar-refractivity contribution in [2.45, 2.75) is 26.3 Å². The predicted molar refractivity (Wildman–Crippen MR) is 95.2 cm³/mol. The number of carbonyl (C=O) groups is 1. The van der Waals surface area contributed by atoms with E-state index in [2.05, 4.69) is 33.1 Å². The van der Waals surface area contributed by atoms with Gasteiger partial charge in [0.15, 0.2) is 11.6 Å². The van der Waals surface area contributed by atoms with Crippen LogP contribution >= 0.6 is 0 Å². The molecule has 3 aromatic rings. The number of nitrogens with one attached hydrogen (secondary N) is 1. The SMILES string of the molecule is CCCOc1cccnc1NC(=O)CCn1ccc2ccccc21. The fourth-order valence-electron chi connectivity index (χ4n) is 2.57. The van der Waals surface area contributed by atoms with Gasteiger partial charge < -0.3 is 14.6 Å². The molecule has 5 nitrogen and oxygen atoms in total. The van der Waals surface area contributed by atoms with Crippen LogP contribution < -0.4 is 10.1 Å². The molecule has 1 N–H and O–H groups in total. The minimum absolute atomic E-state index is 0.0761. The number of amides is 1. The first-order chi connectivity index (χ1) is 11.8. The Kier molecular flexibility index (Phi) is 5.11. The van der Waals surface area contributed by atoms with Gasteiger partial charge in [-0.25, -0.2) is 4.98 Å². The van der Waals surface area contributed by atoms with Gasteiger partial charge in [0.2, 0.25) is 5.91 Å². The standard InChI is InChI=1S/C19H21N3O2/c1-2-14-24-17-8-5-11-20-19(17)21-18(23)10-13-22-12-9-15-6-3-4-7-16(15)22/h3-9,11-12H,2,10,13-14H2,1H3,(H,20,21,23). The Hall–Kier alpha value is -2.82. The van der Waals surface area contributed by atoms with E-state index < -0.39 is 0 Å². The summed E-state index contributed by atoms with van der Waals surface area (Å²) in [5, 5.41) is 4.02. The van der Waals surface area contributed by atoms with E-state index >= 15 is 0 Å². The van der Waals surface area contributed by atoms with E-state index in [1.54, 1.807) is 12.3 Å². The molecule has 5 heteroatoms. The summed E-state index contributed by atoms with van der Waals surface area (Å²) >= 11 is 0. The maximum Gasteiger partial charge on any atom is 0.227 e. The van der Waals surface area contributed by atoms with E-state index in [-0.39, 0.29) is 5.91 Å². The van der Waals surface area contributed by atoms with E-state index in [4.69, 9.17) is 4.74 Å². The summed E-state index contributed by atoms with van der Waals surface area (Å²) in [5.74, 6) is 1.01. The van der Waals surface area contributed by atoms with Crippen LogP contribution in [0.1, 0.15) is 19.8 Å². The molecule has 0 radical (unpaired) electrons. The van der Waals surface area contributed by atoms with Crippen molar-refractivity contribution >= 4 is 22.6 Å². The van der Waals surface area contributed by atoms with Gasteiger partial charge in [-0.05, 0) is 36.1 Å². The van der Waals surface area contributed by atoms with Gasteiger partial charge in [-0.15, -0.1) is 0 Å². The lowest BCUT2D eigenvalue weighted by atomic mass is 10.2. The second-order valence-electron chi connectivity index (χ2n) is 5.56. The molecule has 0 aliphatic carbocycles. The molecule has 124 valence electrons. The Morgan fingerprint density at radius 1 is 1.21 bits per heavy atom. The van der Waals surface area contributed by atoms with Crippen molar-refractivity contribution in [3.05, 3.63) is 54.9 Å². The third kappa shape index (κ3) is 3.74. The molecule has 0 bridgehead atoms. The molecule has 0 saturated carbocycles. The number of hydrogen-bond donors (Lipinski definition) is 1. The number of rotatable bonds is 7. The molecule has 3 rings (SSSR count). The number of nitrogens with zero attached hydrogens (tertiary/aromatic N) is 2. The number of anilines is 1. The average Bonchev–Trinajstić information content (AvgIpc) is 3.02. The highest BCUT2D eigenvalue weighted by Crippen LogP contribution is 2.21. The topological polar surface area (TPSA) is 56.1 Å². The Labute approximate surface area is 141 Å². The smallest absolute Gasteiger partial charge is 0.227 e. The minimum Gasteiger partial charge on any atom is -0.490 e. The summed E-state index contributed by atoms with van der Waals surface area (Å²) in [4.78, 5) is 16.5. The second kappa shape index (κ2) is 7.64. The normalized spacial score (nSPS) is 10.7. The number of carbonyl (C=O) groups excluding carboxylic acids is 1. The molecule has 1 aromatic carbocycles. The lowest BCUT2D eigenvalue weighted by Crippen LogP contribution is -2.16. The van der Waals surface area contributed by atoms with Crippen LogP contribution in [0.3, 0.4) is 0 Å². The zero-order chi connectivity index (χ0) is 16.8. The van der Waals surface area contributed by atoms with Gasteiger partial charge in [-0.2, -0.15) is 0 Å². The first-order valence-electron chi connectivity index (χ1n) is 8.19. The Balaban J connectivity index is 1.62. The first kappa shape index (κ1) is 16.1. The van der Waals surface area contributed by atoms with E-state index in [0.29, 0.717) is 31.1 Å². The Bertz CT molecular complexity index is 826. The monoisotopic (exact) mass is 323 g/mol. The molecule has 0 saturated heterocycles. The lowest BCUT2D eigenvalue weighted by Gasteiger charge is -2.11. The number of hydrogen-bond acceptors (Lipinski definition) is 3. The van der Waals surface area contributed by atoms with Crippen molar-refractivity contribution in [1.29, 1.82) is 0 Å². The summed E-state index contributed by atoms with van der Waals surface area (Å²) in [7, 11) is 0. The van der Waals surface area contributed by atoms with E-state index in [1.807, 2.05) is 31.3 Å². The number of ether oxygens (including phenoxy) is 1. The third-order valence-corrected chi connectivity index (χ3v) is 3.75. The number of fused-ring (bicyclic) bond motifs is 1. The van der Waals surface area contributed by atoms with Gasteiger partial charge in [0.1, 0.15) is 0 Å². The highest BCUT2D eigenvalue weighted by molar-refractivity contribution is 5.91. The minimum atomic E-state index is -0.0761. The number of benzene rings is 1. The number of aryl methyl sites for hydroxylation is 1. The van der Waals surface area contributed by atoms with Gasteiger partial charge in [-0.3, -0.25) is 4.79 Å². The molecule has 2 aromatic heterocycles. The molecule has 24 heavy (non-hydrogen) atoms. The summed E-state index contributed by atoms with van der Waals surface area (Å²) in [5.41, 5.74) is 1.13. The van der Waals surface area contributed by atoms with Crippen LogP contribution in [0.4, 0.5) is 5.82 Å². The second-order valence-corrected chi connectivity index (χ2v) is 5.56. The van der Waals surface area contributed by atoms with Gasteiger partial charge in [-0.1, -0.05) is 25.1 Å². The maximum absolute atomic E-state index is 12.2. The Morgan fingerprint density at radius 3 is 2.96 bits per heavy atom. The van der Waals surface area contributed by atoms with Crippen molar-refractivity contribution in [1.82, 2.24) is 9.55 Å². The predicted octanol–water partition coefficient (Wildman–Crippen LogP) is 3.85. The molecule has 0 atom stereocenters. The fourth-order valence-corrected chi connectivity index (χ4v) is 2.57. The zero-order valence-corrected chi connectivity index (χ0v) is 13.7. The summed E-state index contributed by atoms with van der Waals surface area (Å²) in [6, 6.07) is 13.8. The molecule has 2 heterocycles. The molecule has 0 aliphatic heterocycles. The van der Waals surface area contributed by atoms with Crippen LogP contribution in [0, 0.1) is 0 Å². The van der Waals surface area contributed by atoms with Crippen LogP contribution in [-0.2, 0) is 11.3 Å². The highest BCUT2D eigenvalue weighted by Gasteiger charge is 2.09. The third-order valence-electron chi connectivity index (χ3n) is 3.75. The first-order valence-corrected chi connectivity index (χ1v) is 8.19. The summed E-state index contributed by atoms with van der Waals surface area (Å²) in [6.07, 6.45) is 4.94. The molecular formula is C19H21N3O2. The van der Waals surface area contributed by atoms with Gasteiger partial charge in [0.25, 0.3) is 0 Å². The molecule has 0 aliphatic rings. The largest absolute Gasteiger partial charge is 0.490 e. The number of pyridine rings is 1. The van der Waals surface area contributed by atoms with Crippen molar-refractivity contribution < 1.29 is 9.53 Å². The highest BCUT2D eigenvalue weighted by atomic mass is 16.5. The van der Waals surface area contributed by atoms with Gasteiger partial charge >= 0.3 is 0 Å². The van der Waals surface area contributed by atoms with E-state index in [1.165, 1.54) is 5.39 Å². The van der Waals surface area contributed by atoms with Crippen LogP contribution in [0.2, 0.25) is 0 Å². The van der Waals surface area contributed by atoms with Crippen LogP contribution in [-0.4, -0.2) is 22.1 Å². The summed E-state index contributed by atoms with van der Waals surface area (Å²) < 4.78 is 7.70. The zero-order valence-electron chi connectivity index (χ0n) is 13.7. The van der Waals surface area contributed by atoms with Crippen LogP contribution in [0.15, 0.2) is 54.9 Å². The summed E-state index contributed by atoms with van der Waals surface area (Å²) in [6.45, 7) is 3.26. The van der Waals surface area contributed by atoms with Crippen molar-refractivity contribution in [3.8, 4) is 5.75 Å². The lowest BCUT2D eigenvalue weighted by molar-refractivity contribution is -0.116. The van der Waals surface area contributed by atoms with Gasteiger partial charge in [0, 0.05) is 30.9 Å². The van der Waals surface area contributed by atoms with E-state index in [0.717, 1.165) is 11.9 Å². The Morgan fingerprint density at radius 2 is 2.08 bits per heavy atom. The van der Waals surface area contributed by atoms with Crippen molar-refractivity contribution in [2.24, 2.45) is 0 Å². The maximum atomic E-state index is 12.2. The van der Waals surface area contributed by atoms with Crippen LogP contribution in [0.25, 0.3) is 10.9 Å². The van der Waals surface area contributed by atoms with E-state index in [9.17, 15) is 4.79 Å². The molecular weight excluding hydrogens is 302 g/mol. The average molecular weight is 323 g/mol. The quantitative estimate of drug-likeness (QED) is 0.718. The number of para-hydroxylation sites is 1. The molecule has 0 fully saturated rings. The van der Waals surface area contributed by atoms with Crippen molar-refractivity contribution in [3.63, 3.8) is 0 Å². The van der Waals surface area contributed by atoms with Crippen molar-refractivity contribution in [2.75, 3.05) is 11.9 Å². The van der Waals surface area contributed by atoms with Crippen LogP contribution in [0.5, 0.6) is 5.75 Å². The van der Waals surface area contributed by atoms with Gasteiger partial charge in [0.05, 0.1) is 6.61 Å². The molecule has 0 unspecified atom stereocenters. The fraction of sp³-hybridized carbons (Fsp3) is 0.263. The molecule has 1 amide bonds. The molecule has 0 spiro atoms. The number of aromatic nitrogens is 2.